The van der Waals surface area contributed by atoms with Gasteiger partial charge in [-0.05, 0) is 50.6 Å². The molecular weight excluding hydrogens is 274 g/mol. The highest BCUT2D eigenvalue weighted by Crippen LogP contribution is 2.30. The van der Waals surface area contributed by atoms with Crippen molar-refractivity contribution in [2.75, 3.05) is 12.3 Å². The molecule has 0 aliphatic heterocycles. The minimum Gasteiger partial charge on any atom is -0.313 e. The van der Waals surface area contributed by atoms with E-state index in [4.69, 9.17) is 0 Å². The fourth-order valence-electron chi connectivity index (χ4n) is 3.10. The maximum absolute atomic E-state index is 3.76. The maximum Gasteiger partial charge on any atom is 0.0158 e. The summed E-state index contributed by atoms with van der Waals surface area (Å²) in [6.07, 6.45) is 10.9. The molecule has 0 radical (unpaired) electrons. The Hall–Kier alpha value is -0.470. The van der Waals surface area contributed by atoms with Gasteiger partial charge in [0.15, 0.2) is 0 Å². The predicted octanol–water partition coefficient (Wildman–Crippen LogP) is 5.05. The first-order valence-electron chi connectivity index (χ1n) is 8.77. The topological polar surface area (TPSA) is 12.0 Å². The monoisotopic (exact) mass is 305 g/mol. The molecule has 0 aromatic heterocycles. The van der Waals surface area contributed by atoms with Gasteiger partial charge in [0.05, 0.1) is 0 Å². The molecule has 0 heterocycles. The van der Waals surface area contributed by atoms with E-state index in [9.17, 15) is 0 Å². The molecule has 1 aromatic rings. The SMILES string of the molecule is CCCNC(CCCc1ccccc1)CSC1CCCC1. The number of hydrogen-bond donors (Lipinski definition) is 1. The van der Waals surface area contributed by atoms with Gasteiger partial charge in [0.2, 0.25) is 0 Å². The summed E-state index contributed by atoms with van der Waals surface area (Å²) in [5.74, 6) is 1.31. The molecule has 1 aromatic carbocycles. The molecular formula is C19H31NS. The highest BCUT2D eigenvalue weighted by molar-refractivity contribution is 7.99. The molecule has 1 aliphatic carbocycles. The highest BCUT2D eigenvalue weighted by atomic mass is 32.2. The van der Waals surface area contributed by atoms with Crippen LogP contribution in [0.15, 0.2) is 30.3 Å². The van der Waals surface area contributed by atoms with Crippen LogP contribution in [0.25, 0.3) is 0 Å². The minimum atomic E-state index is 0.708. The molecule has 118 valence electrons. The molecule has 1 aliphatic rings. The van der Waals surface area contributed by atoms with Gasteiger partial charge in [0.25, 0.3) is 0 Å². The van der Waals surface area contributed by atoms with E-state index >= 15 is 0 Å². The molecule has 1 N–H and O–H groups in total. The van der Waals surface area contributed by atoms with Crippen molar-refractivity contribution in [3.63, 3.8) is 0 Å². The molecule has 0 bridgehead atoms. The smallest absolute Gasteiger partial charge is 0.0158 e. The molecule has 1 nitrogen and oxygen atoms in total. The quantitative estimate of drug-likeness (QED) is 0.649. The number of benzene rings is 1. The molecule has 1 unspecified atom stereocenters. The number of hydrogen-bond acceptors (Lipinski definition) is 2. The molecule has 21 heavy (non-hydrogen) atoms. The van der Waals surface area contributed by atoms with Crippen LogP contribution in [-0.4, -0.2) is 23.6 Å². The van der Waals surface area contributed by atoms with Crippen LogP contribution >= 0.6 is 11.8 Å². The van der Waals surface area contributed by atoms with Crippen LogP contribution < -0.4 is 5.32 Å². The summed E-state index contributed by atoms with van der Waals surface area (Å²) < 4.78 is 0. The van der Waals surface area contributed by atoms with Gasteiger partial charge in [-0.25, -0.2) is 0 Å². The Labute approximate surface area is 135 Å². The molecule has 0 saturated heterocycles. The van der Waals surface area contributed by atoms with Crippen LogP contribution in [0.5, 0.6) is 0 Å². The molecule has 0 spiro atoms. The van der Waals surface area contributed by atoms with E-state index in [1.165, 1.54) is 69.2 Å². The van der Waals surface area contributed by atoms with E-state index in [0.717, 1.165) is 5.25 Å². The fraction of sp³-hybridized carbons (Fsp3) is 0.684. The van der Waals surface area contributed by atoms with Crippen molar-refractivity contribution >= 4 is 11.8 Å². The molecule has 1 fully saturated rings. The summed E-state index contributed by atoms with van der Waals surface area (Å²) >= 11 is 2.23. The van der Waals surface area contributed by atoms with Crippen molar-refractivity contribution in [2.45, 2.75) is 69.6 Å². The summed E-state index contributed by atoms with van der Waals surface area (Å²) in [6.45, 7) is 3.43. The Balaban J connectivity index is 1.67. The van der Waals surface area contributed by atoms with E-state index in [0.29, 0.717) is 6.04 Å². The van der Waals surface area contributed by atoms with Gasteiger partial charge in [-0.1, -0.05) is 50.1 Å². The van der Waals surface area contributed by atoms with Crippen LogP contribution in [0.4, 0.5) is 0 Å². The van der Waals surface area contributed by atoms with Crippen molar-refractivity contribution in [3.05, 3.63) is 35.9 Å². The molecule has 1 atom stereocenters. The van der Waals surface area contributed by atoms with Crippen molar-refractivity contribution in [1.29, 1.82) is 0 Å². The van der Waals surface area contributed by atoms with Gasteiger partial charge in [-0.3, -0.25) is 0 Å². The Morgan fingerprint density at radius 1 is 1.19 bits per heavy atom. The number of rotatable bonds is 10. The van der Waals surface area contributed by atoms with Gasteiger partial charge in [0, 0.05) is 17.0 Å². The van der Waals surface area contributed by atoms with E-state index < -0.39 is 0 Å². The second-order valence-corrected chi connectivity index (χ2v) is 7.60. The second-order valence-electron chi connectivity index (χ2n) is 6.27. The Bertz CT molecular complexity index is 359. The van der Waals surface area contributed by atoms with E-state index in [2.05, 4.69) is 54.3 Å². The lowest BCUT2D eigenvalue weighted by Crippen LogP contribution is -2.32. The number of thioether (sulfide) groups is 1. The van der Waals surface area contributed by atoms with Gasteiger partial charge in [0.1, 0.15) is 0 Å². The number of nitrogens with one attached hydrogen (secondary N) is 1. The van der Waals surface area contributed by atoms with Gasteiger partial charge in [-0.2, -0.15) is 11.8 Å². The third-order valence-corrected chi connectivity index (χ3v) is 5.92. The van der Waals surface area contributed by atoms with Crippen LogP contribution in [0.1, 0.15) is 57.4 Å². The Kier molecular flexibility index (Phi) is 8.28. The molecule has 1 saturated carbocycles. The zero-order valence-electron chi connectivity index (χ0n) is 13.5. The van der Waals surface area contributed by atoms with Crippen LogP contribution in [0, 0.1) is 0 Å². The lowest BCUT2D eigenvalue weighted by molar-refractivity contribution is 0.504. The third kappa shape index (κ3) is 6.88. The molecule has 2 heteroatoms. The van der Waals surface area contributed by atoms with Crippen LogP contribution in [0.3, 0.4) is 0 Å². The summed E-state index contributed by atoms with van der Waals surface area (Å²) in [7, 11) is 0. The van der Waals surface area contributed by atoms with E-state index in [-0.39, 0.29) is 0 Å². The average Bonchev–Trinajstić information content (AvgIpc) is 3.04. The zero-order valence-corrected chi connectivity index (χ0v) is 14.3. The summed E-state index contributed by atoms with van der Waals surface area (Å²) in [6, 6.07) is 11.6. The normalized spacial score (nSPS) is 17.2. The zero-order chi connectivity index (χ0) is 14.8. The maximum atomic E-state index is 3.76. The summed E-state index contributed by atoms with van der Waals surface area (Å²) in [4.78, 5) is 0. The van der Waals surface area contributed by atoms with Gasteiger partial charge in [-0.15, -0.1) is 0 Å². The van der Waals surface area contributed by atoms with E-state index in [1.807, 2.05) is 0 Å². The van der Waals surface area contributed by atoms with Crippen molar-refractivity contribution in [1.82, 2.24) is 5.32 Å². The van der Waals surface area contributed by atoms with Crippen LogP contribution in [-0.2, 0) is 6.42 Å². The Morgan fingerprint density at radius 2 is 1.95 bits per heavy atom. The minimum absolute atomic E-state index is 0.708. The highest BCUT2D eigenvalue weighted by Gasteiger charge is 2.17. The van der Waals surface area contributed by atoms with Crippen molar-refractivity contribution in [3.8, 4) is 0 Å². The number of aryl methyl sites for hydroxylation is 1. The fourth-order valence-corrected chi connectivity index (χ4v) is 4.55. The van der Waals surface area contributed by atoms with Crippen LogP contribution in [0.2, 0.25) is 0 Å². The second kappa shape index (κ2) is 10.3. The average molecular weight is 306 g/mol. The Morgan fingerprint density at radius 3 is 2.67 bits per heavy atom. The molecule has 2 rings (SSSR count). The predicted molar refractivity (Wildman–Crippen MR) is 96.2 cm³/mol. The third-order valence-electron chi connectivity index (χ3n) is 4.38. The first kappa shape index (κ1) is 16.9. The lowest BCUT2D eigenvalue weighted by Gasteiger charge is -2.20. The van der Waals surface area contributed by atoms with Gasteiger partial charge < -0.3 is 5.32 Å². The largest absolute Gasteiger partial charge is 0.313 e. The summed E-state index contributed by atoms with van der Waals surface area (Å²) in [5, 5.41) is 4.71. The summed E-state index contributed by atoms with van der Waals surface area (Å²) in [5.41, 5.74) is 1.48. The van der Waals surface area contributed by atoms with E-state index in [1.54, 1.807) is 0 Å². The van der Waals surface area contributed by atoms with Crippen molar-refractivity contribution < 1.29 is 0 Å². The van der Waals surface area contributed by atoms with Gasteiger partial charge >= 0.3 is 0 Å². The van der Waals surface area contributed by atoms with Crippen molar-refractivity contribution in [2.24, 2.45) is 0 Å². The standard InChI is InChI=1S/C19H31NS/c1-2-15-20-18(16-21-19-13-6-7-14-19)12-8-11-17-9-4-3-5-10-17/h3-5,9-10,18-20H,2,6-8,11-16H2,1H3. The first-order chi connectivity index (χ1) is 10.4. The first-order valence-corrected chi connectivity index (χ1v) is 9.82. The lowest BCUT2D eigenvalue weighted by atomic mass is 10.1. The molecule has 0 amide bonds.